The van der Waals surface area contributed by atoms with Gasteiger partial charge < -0.3 is 20.3 Å². The van der Waals surface area contributed by atoms with Crippen LogP contribution in [0.1, 0.15) is 20.3 Å². The maximum Gasteiger partial charge on any atom is 0.239 e. The Bertz CT molecular complexity index is 551. The Morgan fingerprint density at radius 2 is 1.96 bits per heavy atom. The molecule has 0 spiro atoms. The fourth-order valence-electron chi connectivity index (χ4n) is 2.79. The minimum atomic E-state index is -0.438. The van der Waals surface area contributed by atoms with Gasteiger partial charge in [-0.15, -0.1) is 12.4 Å². The molecule has 2 atom stereocenters. The number of nitrogens with two attached hydrogens (primary N) is 1. The number of methoxy groups -OCH3 is 1. The normalized spacial score (nSPS) is 17.0. The molecule has 1 aromatic rings. The topological polar surface area (TPSA) is 58.8 Å². The highest BCUT2D eigenvalue weighted by Crippen LogP contribution is 2.29. The molecular weight excluding hydrogens is 333 g/mol. The summed E-state index contributed by atoms with van der Waals surface area (Å²) < 4.78 is 18.6. The lowest BCUT2D eigenvalue weighted by Crippen LogP contribution is -2.54. The van der Waals surface area contributed by atoms with E-state index in [1.807, 2.05) is 18.7 Å². The minimum Gasteiger partial charge on any atom is -0.494 e. The van der Waals surface area contributed by atoms with Crippen LogP contribution in [0.5, 0.6) is 5.75 Å². The van der Waals surface area contributed by atoms with Gasteiger partial charge in [-0.25, -0.2) is 4.39 Å². The fourth-order valence-corrected chi connectivity index (χ4v) is 2.79. The number of hydrogen-bond acceptors (Lipinski definition) is 4. The first-order valence-electron chi connectivity index (χ1n) is 8.10. The summed E-state index contributed by atoms with van der Waals surface area (Å²) in [6.07, 6.45) is 0.889. The van der Waals surface area contributed by atoms with Gasteiger partial charge in [-0.2, -0.15) is 0 Å². The predicted octanol–water partition coefficient (Wildman–Crippen LogP) is 2.28. The number of ether oxygens (including phenoxy) is 1. The van der Waals surface area contributed by atoms with Crippen molar-refractivity contribution in [3.05, 3.63) is 24.0 Å². The highest BCUT2D eigenvalue weighted by molar-refractivity contribution is 5.85. The van der Waals surface area contributed by atoms with E-state index in [9.17, 15) is 9.18 Å². The summed E-state index contributed by atoms with van der Waals surface area (Å²) in [4.78, 5) is 16.3. The molecule has 1 heterocycles. The van der Waals surface area contributed by atoms with Gasteiger partial charge in [0.25, 0.3) is 0 Å². The Labute approximate surface area is 149 Å². The molecular formula is C17H27ClFN3O2. The second kappa shape index (κ2) is 9.08. The summed E-state index contributed by atoms with van der Waals surface area (Å²) in [7, 11) is 1.53. The van der Waals surface area contributed by atoms with E-state index in [1.165, 1.54) is 19.2 Å². The standard InChI is InChI=1S/C17H26FN3O2.ClH/c1-4-12(2)16(19)17(22)21-9-7-20(8-10-21)14-6-5-13(18)11-15(14)23-3;/h5-6,11-12,16H,4,7-10,19H2,1-3H3;1H. The molecule has 1 aliphatic heterocycles. The molecule has 1 amide bonds. The van der Waals surface area contributed by atoms with E-state index in [0.717, 1.165) is 12.1 Å². The van der Waals surface area contributed by atoms with E-state index in [1.54, 1.807) is 6.07 Å². The second-order valence-corrected chi connectivity index (χ2v) is 6.04. The van der Waals surface area contributed by atoms with Crippen LogP contribution >= 0.6 is 12.4 Å². The van der Waals surface area contributed by atoms with Gasteiger partial charge in [-0.05, 0) is 18.1 Å². The summed E-state index contributed by atoms with van der Waals surface area (Å²) in [6, 6.07) is 4.09. The monoisotopic (exact) mass is 359 g/mol. The molecule has 0 radical (unpaired) electrons. The Morgan fingerprint density at radius 1 is 1.33 bits per heavy atom. The number of rotatable bonds is 5. The first kappa shape index (κ1) is 20.5. The zero-order valence-electron chi connectivity index (χ0n) is 14.5. The molecule has 1 saturated heterocycles. The number of carbonyl (C=O) groups is 1. The zero-order chi connectivity index (χ0) is 17.0. The average molecular weight is 360 g/mol. The number of amides is 1. The van der Waals surface area contributed by atoms with E-state index in [0.29, 0.717) is 31.9 Å². The van der Waals surface area contributed by atoms with E-state index in [-0.39, 0.29) is 30.0 Å². The van der Waals surface area contributed by atoms with Gasteiger partial charge in [-0.1, -0.05) is 20.3 Å². The van der Waals surface area contributed by atoms with Crippen molar-refractivity contribution in [2.45, 2.75) is 26.3 Å². The predicted molar refractivity (Wildman–Crippen MR) is 96.4 cm³/mol. The van der Waals surface area contributed by atoms with E-state index < -0.39 is 6.04 Å². The Hall–Kier alpha value is -1.53. The Kier molecular flexibility index (Phi) is 7.76. The minimum absolute atomic E-state index is 0. The van der Waals surface area contributed by atoms with E-state index in [4.69, 9.17) is 10.5 Å². The molecule has 136 valence electrons. The van der Waals surface area contributed by atoms with Gasteiger partial charge in [0, 0.05) is 32.2 Å². The van der Waals surface area contributed by atoms with Crippen LogP contribution in [0.15, 0.2) is 18.2 Å². The van der Waals surface area contributed by atoms with Gasteiger partial charge in [0.2, 0.25) is 5.91 Å². The number of anilines is 1. The van der Waals surface area contributed by atoms with Gasteiger partial charge in [0.15, 0.2) is 0 Å². The van der Waals surface area contributed by atoms with Crippen LogP contribution < -0.4 is 15.4 Å². The number of benzene rings is 1. The lowest BCUT2D eigenvalue weighted by Gasteiger charge is -2.38. The fraction of sp³-hybridized carbons (Fsp3) is 0.588. The lowest BCUT2D eigenvalue weighted by atomic mass is 9.98. The molecule has 0 aromatic heterocycles. The maximum atomic E-state index is 13.3. The van der Waals surface area contributed by atoms with Crippen molar-refractivity contribution < 1.29 is 13.9 Å². The van der Waals surface area contributed by atoms with Gasteiger partial charge in [0.1, 0.15) is 11.6 Å². The molecule has 1 aromatic carbocycles. The van der Waals surface area contributed by atoms with Crippen molar-refractivity contribution >= 4 is 24.0 Å². The molecule has 0 aliphatic carbocycles. The van der Waals surface area contributed by atoms with Crippen LogP contribution in [0.25, 0.3) is 0 Å². The number of piperazine rings is 1. The second-order valence-electron chi connectivity index (χ2n) is 6.04. The van der Waals surface area contributed by atoms with E-state index >= 15 is 0 Å². The summed E-state index contributed by atoms with van der Waals surface area (Å²) in [5.41, 5.74) is 6.90. The molecule has 2 rings (SSSR count). The smallest absolute Gasteiger partial charge is 0.239 e. The van der Waals surface area contributed by atoms with Crippen LogP contribution in [0.3, 0.4) is 0 Å². The SMILES string of the molecule is CCC(C)C(N)C(=O)N1CCN(c2ccc(F)cc2OC)CC1.Cl. The van der Waals surface area contributed by atoms with Crippen molar-refractivity contribution in [2.24, 2.45) is 11.7 Å². The molecule has 0 saturated carbocycles. The molecule has 1 aliphatic rings. The van der Waals surface area contributed by atoms with Crippen LogP contribution in [0.4, 0.5) is 10.1 Å². The first-order chi connectivity index (χ1) is 11.0. The molecule has 5 nitrogen and oxygen atoms in total. The summed E-state index contributed by atoms with van der Waals surface area (Å²) in [5, 5.41) is 0. The summed E-state index contributed by atoms with van der Waals surface area (Å²) in [5.74, 6) is 0.391. The Balaban J connectivity index is 0.00000288. The third-order valence-electron chi connectivity index (χ3n) is 4.62. The van der Waals surface area contributed by atoms with Gasteiger partial charge in [-0.3, -0.25) is 4.79 Å². The van der Waals surface area contributed by atoms with Crippen molar-refractivity contribution in [1.29, 1.82) is 0 Å². The van der Waals surface area contributed by atoms with Crippen molar-refractivity contribution in [3.8, 4) is 5.75 Å². The Morgan fingerprint density at radius 3 is 2.50 bits per heavy atom. The molecule has 0 bridgehead atoms. The van der Waals surface area contributed by atoms with Gasteiger partial charge >= 0.3 is 0 Å². The third kappa shape index (κ3) is 4.51. The summed E-state index contributed by atoms with van der Waals surface area (Å²) in [6.45, 7) is 6.63. The summed E-state index contributed by atoms with van der Waals surface area (Å²) >= 11 is 0. The maximum absolute atomic E-state index is 13.3. The molecule has 1 fully saturated rings. The van der Waals surface area contributed by atoms with Crippen molar-refractivity contribution in [1.82, 2.24) is 4.90 Å². The van der Waals surface area contributed by atoms with Crippen LogP contribution in [-0.4, -0.2) is 50.1 Å². The number of nitrogens with zero attached hydrogens (tertiary/aromatic N) is 2. The third-order valence-corrected chi connectivity index (χ3v) is 4.62. The van der Waals surface area contributed by atoms with Gasteiger partial charge in [0.05, 0.1) is 18.8 Å². The molecule has 2 unspecified atom stereocenters. The number of carbonyl (C=O) groups excluding carboxylic acids is 1. The molecule has 7 heteroatoms. The first-order valence-corrected chi connectivity index (χ1v) is 8.10. The highest BCUT2D eigenvalue weighted by atomic mass is 35.5. The van der Waals surface area contributed by atoms with Crippen LogP contribution in [-0.2, 0) is 4.79 Å². The lowest BCUT2D eigenvalue weighted by molar-refractivity contribution is -0.134. The average Bonchev–Trinajstić information content (AvgIpc) is 2.59. The van der Waals surface area contributed by atoms with E-state index in [2.05, 4.69) is 4.90 Å². The van der Waals surface area contributed by atoms with Crippen molar-refractivity contribution in [2.75, 3.05) is 38.2 Å². The largest absolute Gasteiger partial charge is 0.494 e. The van der Waals surface area contributed by atoms with Crippen LogP contribution in [0, 0.1) is 11.7 Å². The van der Waals surface area contributed by atoms with Crippen LogP contribution in [0.2, 0.25) is 0 Å². The zero-order valence-corrected chi connectivity index (χ0v) is 15.3. The molecule has 2 N–H and O–H groups in total. The van der Waals surface area contributed by atoms with Crippen molar-refractivity contribution in [3.63, 3.8) is 0 Å². The number of hydrogen-bond donors (Lipinski definition) is 1. The number of halogens is 2. The molecule has 24 heavy (non-hydrogen) atoms. The highest BCUT2D eigenvalue weighted by Gasteiger charge is 2.28. The quantitative estimate of drug-likeness (QED) is 0.876.